The average Bonchev–Trinajstić information content (AvgIpc) is 2.43. The van der Waals surface area contributed by atoms with Crippen LogP contribution in [0.2, 0.25) is 0 Å². The summed E-state index contributed by atoms with van der Waals surface area (Å²) in [5.41, 5.74) is 0.924. The molecule has 1 aromatic rings. The molecule has 0 saturated carbocycles. The number of hydrogen-bond acceptors (Lipinski definition) is 3. The number of carboxylic acid groups (broad SMARTS) is 1. The third kappa shape index (κ3) is 5.95. The van der Waals surface area contributed by atoms with Crippen molar-refractivity contribution in [2.45, 2.75) is 33.2 Å². The van der Waals surface area contributed by atoms with Gasteiger partial charge in [-0.1, -0.05) is 6.92 Å². The number of nitrogens with one attached hydrogen (secondary N) is 2. The summed E-state index contributed by atoms with van der Waals surface area (Å²) in [7, 11) is 0. The van der Waals surface area contributed by atoms with Crippen LogP contribution in [-0.2, 0) is 4.79 Å². The van der Waals surface area contributed by atoms with E-state index in [1.165, 1.54) is 0 Å². The van der Waals surface area contributed by atoms with E-state index in [1.54, 1.807) is 31.2 Å². The zero-order valence-electron chi connectivity index (χ0n) is 13.1. The lowest BCUT2D eigenvalue weighted by atomic mass is 10.1. The van der Waals surface area contributed by atoms with Gasteiger partial charge in [-0.05, 0) is 44.0 Å². The Morgan fingerprint density at radius 2 is 1.50 bits per heavy atom. The number of carbonyl (C=O) groups is 3. The van der Waals surface area contributed by atoms with Crippen molar-refractivity contribution >= 4 is 17.8 Å². The van der Waals surface area contributed by atoms with Crippen LogP contribution in [0.3, 0.4) is 0 Å². The molecule has 6 heteroatoms. The fourth-order valence-corrected chi connectivity index (χ4v) is 1.86. The number of carbonyl (C=O) groups excluding carboxylic acids is 2. The Morgan fingerprint density at radius 1 is 1.00 bits per heavy atom. The minimum absolute atomic E-state index is 0.00852. The highest BCUT2D eigenvalue weighted by Gasteiger charge is 2.12. The highest BCUT2D eigenvalue weighted by molar-refractivity contribution is 5.97. The molecule has 0 bridgehead atoms. The van der Waals surface area contributed by atoms with E-state index >= 15 is 0 Å². The summed E-state index contributed by atoms with van der Waals surface area (Å²) in [6.45, 7) is 5.80. The third-order valence-electron chi connectivity index (χ3n) is 2.96. The number of rotatable bonds is 7. The highest BCUT2D eigenvalue weighted by atomic mass is 16.4. The van der Waals surface area contributed by atoms with Gasteiger partial charge in [-0.25, -0.2) is 0 Å². The van der Waals surface area contributed by atoms with Crippen molar-refractivity contribution in [1.82, 2.24) is 10.6 Å². The molecule has 1 atom stereocenters. The van der Waals surface area contributed by atoms with E-state index in [0.29, 0.717) is 17.7 Å². The molecule has 0 aliphatic rings. The first kappa shape index (κ1) is 17.7. The normalized spacial score (nSPS) is 11.8. The predicted molar refractivity (Wildman–Crippen MR) is 82.8 cm³/mol. The van der Waals surface area contributed by atoms with Gasteiger partial charge in [0, 0.05) is 30.1 Å². The van der Waals surface area contributed by atoms with E-state index in [0.717, 1.165) is 0 Å². The first-order valence-corrected chi connectivity index (χ1v) is 7.20. The molecule has 22 heavy (non-hydrogen) atoms. The van der Waals surface area contributed by atoms with Gasteiger partial charge in [-0.15, -0.1) is 0 Å². The molecule has 120 valence electrons. The van der Waals surface area contributed by atoms with Crippen LogP contribution >= 0.6 is 0 Å². The van der Waals surface area contributed by atoms with Gasteiger partial charge in [-0.3, -0.25) is 14.4 Å². The van der Waals surface area contributed by atoms with Crippen LogP contribution in [0, 0.1) is 5.92 Å². The summed E-state index contributed by atoms with van der Waals surface area (Å²) in [6, 6.07) is 6.38. The molecule has 1 aromatic carbocycles. The van der Waals surface area contributed by atoms with Crippen LogP contribution in [0.15, 0.2) is 24.3 Å². The van der Waals surface area contributed by atoms with Crippen molar-refractivity contribution in [3.05, 3.63) is 35.4 Å². The zero-order chi connectivity index (χ0) is 16.7. The van der Waals surface area contributed by atoms with E-state index in [1.807, 2.05) is 13.8 Å². The van der Waals surface area contributed by atoms with Gasteiger partial charge in [-0.2, -0.15) is 0 Å². The molecule has 6 nitrogen and oxygen atoms in total. The highest BCUT2D eigenvalue weighted by Crippen LogP contribution is 2.06. The predicted octanol–water partition coefficient (Wildman–Crippen LogP) is 1.67. The van der Waals surface area contributed by atoms with Gasteiger partial charge < -0.3 is 15.7 Å². The van der Waals surface area contributed by atoms with Crippen LogP contribution in [0.4, 0.5) is 0 Å². The molecule has 1 rings (SSSR count). The smallest absolute Gasteiger partial charge is 0.303 e. The Balaban J connectivity index is 2.57. The van der Waals surface area contributed by atoms with Gasteiger partial charge in [0.25, 0.3) is 11.8 Å². The molecule has 0 aliphatic carbocycles. The molecule has 0 aromatic heterocycles. The Kier molecular flexibility index (Phi) is 6.56. The summed E-state index contributed by atoms with van der Waals surface area (Å²) in [5.74, 6) is -1.50. The van der Waals surface area contributed by atoms with Crippen LogP contribution < -0.4 is 10.6 Å². The first-order chi connectivity index (χ1) is 10.3. The Morgan fingerprint density at radius 3 is 1.95 bits per heavy atom. The molecular weight excluding hydrogens is 284 g/mol. The van der Waals surface area contributed by atoms with Crippen molar-refractivity contribution < 1.29 is 19.5 Å². The SMILES string of the molecule is CC(CNC(=O)c1ccc(C(=O)NC(C)C)cc1)CC(=O)O. The van der Waals surface area contributed by atoms with Crippen LogP contribution in [0.5, 0.6) is 0 Å². The Labute approximate surface area is 129 Å². The molecule has 0 spiro atoms. The van der Waals surface area contributed by atoms with Gasteiger partial charge in [0.2, 0.25) is 0 Å². The first-order valence-electron chi connectivity index (χ1n) is 7.20. The fourth-order valence-electron chi connectivity index (χ4n) is 1.86. The van der Waals surface area contributed by atoms with Crippen molar-refractivity contribution in [3.63, 3.8) is 0 Å². The number of carboxylic acids is 1. The van der Waals surface area contributed by atoms with Crippen LogP contribution in [-0.4, -0.2) is 35.5 Å². The second-order valence-electron chi connectivity index (χ2n) is 5.62. The second-order valence-corrected chi connectivity index (χ2v) is 5.62. The van der Waals surface area contributed by atoms with Crippen molar-refractivity contribution in [2.24, 2.45) is 5.92 Å². The average molecular weight is 306 g/mol. The van der Waals surface area contributed by atoms with Crippen LogP contribution in [0.25, 0.3) is 0 Å². The molecule has 0 saturated heterocycles. The van der Waals surface area contributed by atoms with Gasteiger partial charge in [0.05, 0.1) is 0 Å². The molecule has 3 N–H and O–H groups in total. The molecule has 2 amide bonds. The number of hydrogen-bond donors (Lipinski definition) is 3. The number of aliphatic carboxylic acids is 1. The van der Waals surface area contributed by atoms with E-state index < -0.39 is 5.97 Å². The largest absolute Gasteiger partial charge is 0.481 e. The minimum Gasteiger partial charge on any atom is -0.481 e. The van der Waals surface area contributed by atoms with Gasteiger partial charge in [0.1, 0.15) is 0 Å². The van der Waals surface area contributed by atoms with E-state index in [2.05, 4.69) is 10.6 Å². The maximum Gasteiger partial charge on any atom is 0.303 e. The maximum atomic E-state index is 11.9. The third-order valence-corrected chi connectivity index (χ3v) is 2.96. The lowest BCUT2D eigenvalue weighted by Gasteiger charge is -2.11. The second kappa shape index (κ2) is 8.17. The van der Waals surface area contributed by atoms with Crippen molar-refractivity contribution in [2.75, 3.05) is 6.54 Å². The molecule has 0 aliphatic heterocycles. The quantitative estimate of drug-likeness (QED) is 0.714. The van der Waals surface area contributed by atoms with Crippen molar-refractivity contribution in [3.8, 4) is 0 Å². The minimum atomic E-state index is -0.887. The number of amides is 2. The van der Waals surface area contributed by atoms with Crippen LogP contribution in [0.1, 0.15) is 47.9 Å². The van der Waals surface area contributed by atoms with Crippen molar-refractivity contribution in [1.29, 1.82) is 0 Å². The molecule has 0 radical (unpaired) electrons. The van der Waals surface area contributed by atoms with Gasteiger partial charge >= 0.3 is 5.97 Å². The molecule has 0 fully saturated rings. The standard InChI is InChI=1S/C16H22N2O4/c1-10(2)18-16(22)13-6-4-12(5-7-13)15(21)17-9-11(3)8-14(19)20/h4-7,10-11H,8-9H2,1-3H3,(H,17,21)(H,18,22)(H,19,20). The molecule has 1 unspecified atom stereocenters. The topological polar surface area (TPSA) is 95.5 Å². The van der Waals surface area contributed by atoms with E-state index in [-0.39, 0.29) is 30.2 Å². The summed E-state index contributed by atoms with van der Waals surface area (Å²) < 4.78 is 0. The zero-order valence-corrected chi connectivity index (χ0v) is 13.1. The fraction of sp³-hybridized carbons (Fsp3) is 0.438. The van der Waals surface area contributed by atoms with Gasteiger partial charge in [0.15, 0.2) is 0 Å². The monoisotopic (exact) mass is 306 g/mol. The molecule has 0 heterocycles. The molecular formula is C16H22N2O4. The lowest BCUT2D eigenvalue weighted by molar-refractivity contribution is -0.137. The van der Waals surface area contributed by atoms with E-state index in [4.69, 9.17) is 5.11 Å². The summed E-state index contributed by atoms with van der Waals surface area (Å²) in [6.07, 6.45) is 0.00852. The summed E-state index contributed by atoms with van der Waals surface area (Å²) in [4.78, 5) is 34.3. The Hall–Kier alpha value is -2.37. The Bertz CT molecular complexity index is 538. The summed E-state index contributed by atoms with van der Waals surface area (Å²) >= 11 is 0. The summed E-state index contributed by atoms with van der Waals surface area (Å²) in [5, 5.41) is 14.1. The lowest BCUT2D eigenvalue weighted by Crippen LogP contribution is -2.30. The number of benzene rings is 1. The maximum absolute atomic E-state index is 11.9. The van der Waals surface area contributed by atoms with E-state index in [9.17, 15) is 14.4 Å².